The van der Waals surface area contributed by atoms with Crippen molar-refractivity contribution in [2.75, 3.05) is 6.61 Å². The predicted octanol–water partition coefficient (Wildman–Crippen LogP) is -1.46. The molecule has 0 amide bonds. The Hall–Kier alpha value is -0.125. The Bertz CT molecular complexity index is 126. The molecular weight excluding hydrogens is 136 g/mol. The Kier molecular flexibility index (Phi) is 2.28. The number of rotatable bonds is 1. The van der Waals surface area contributed by atoms with E-state index >= 15 is 0 Å². The van der Waals surface area contributed by atoms with Crippen LogP contribution in [0, 0.1) is 0 Å². The molecule has 0 spiro atoms. The lowest BCUT2D eigenvalue weighted by atomic mass is 9.93. The molecule has 0 bridgehead atoms. The highest BCUT2D eigenvalue weighted by atomic mass is 19.1. The monoisotopic (exact) mass is 145 g/mol. The molecule has 2 radical (unpaired) electrons. The quantitative estimate of drug-likeness (QED) is 0.443. The average Bonchev–Trinajstić information content (AvgIpc) is 2.17. The van der Waals surface area contributed by atoms with Crippen molar-refractivity contribution >= 4 is 7.85 Å². The first-order valence-electron chi connectivity index (χ1n) is 3.08. The molecule has 0 saturated carbocycles. The van der Waals surface area contributed by atoms with Gasteiger partial charge in [-0.05, 0) is 0 Å². The van der Waals surface area contributed by atoms with Crippen LogP contribution in [0.25, 0.3) is 0 Å². The second kappa shape index (κ2) is 2.86. The maximum Gasteiger partial charge on any atom is 0.135 e. The maximum atomic E-state index is 12.7. The van der Waals surface area contributed by atoms with E-state index < -0.39 is 24.3 Å². The molecule has 1 saturated heterocycles. The van der Waals surface area contributed by atoms with Crippen LogP contribution in [0.5, 0.6) is 0 Å². The van der Waals surface area contributed by atoms with Crippen LogP contribution in [0.3, 0.4) is 0 Å². The number of nitrogens with two attached hydrogens (primary N) is 1. The van der Waals surface area contributed by atoms with Crippen LogP contribution in [-0.4, -0.2) is 43.9 Å². The average molecular weight is 145 g/mol. The van der Waals surface area contributed by atoms with Gasteiger partial charge in [-0.15, -0.1) is 0 Å². The second-order valence-corrected chi connectivity index (χ2v) is 2.34. The molecule has 1 fully saturated rings. The molecule has 5 heteroatoms. The lowest BCUT2D eigenvalue weighted by molar-refractivity contribution is 0.0344. The summed E-state index contributed by atoms with van der Waals surface area (Å²) >= 11 is 0. The summed E-state index contributed by atoms with van der Waals surface area (Å²) in [6, 6.07) is -1.77. The Morgan fingerprint density at radius 3 is 2.50 bits per heavy atom. The third-order valence-corrected chi connectivity index (χ3v) is 1.62. The van der Waals surface area contributed by atoms with Gasteiger partial charge in [0.1, 0.15) is 14.0 Å². The number of aliphatic hydroxyl groups excluding tert-OH is 1. The van der Waals surface area contributed by atoms with E-state index in [9.17, 15) is 4.39 Å². The minimum absolute atomic E-state index is 0.282. The maximum absolute atomic E-state index is 12.7. The number of aliphatic hydroxyl groups is 1. The summed E-state index contributed by atoms with van der Waals surface area (Å²) in [5.41, 5.74) is 5.28. The van der Waals surface area contributed by atoms with Gasteiger partial charge in [0.2, 0.25) is 0 Å². The SMILES string of the molecule is [B][C@@H]1O[C@H](CO)[C@@H](N)[C@H]1F. The molecule has 0 aromatic carbocycles. The predicted molar refractivity (Wildman–Crippen MR) is 34.4 cm³/mol. The zero-order valence-corrected chi connectivity index (χ0v) is 5.40. The van der Waals surface area contributed by atoms with E-state index in [4.69, 9.17) is 23.4 Å². The smallest absolute Gasteiger partial charge is 0.135 e. The van der Waals surface area contributed by atoms with Crippen molar-refractivity contribution in [2.24, 2.45) is 5.73 Å². The van der Waals surface area contributed by atoms with Gasteiger partial charge < -0.3 is 15.6 Å². The molecule has 1 rings (SSSR count). The van der Waals surface area contributed by atoms with Gasteiger partial charge in [-0.2, -0.15) is 0 Å². The largest absolute Gasteiger partial charge is 0.394 e. The van der Waals surface area contributed by atoms with Crippen molar-refractivity contribution in [1.29, 1.82) is 0 Å². The zero-order chi connectivity index (χ0) is 7.72. The molecule has 1 heterocycles. The lowest BCUT2D eigenvalue weighted by Gasteiger charge is -2.10. The second-order valence-electron chi connectivity index (χ2n) is 2.34. The Balaban J connectivity index is 2.53. The summed E-state index contributed by atoms with van der Waals surface area (Å²) < 4.78 is 17.4. The Morgan fingerprint density at radius 1 is 1.70 bits per heavy atom. The summed E-state index contributed by atoms with van der Waals surface area (Å²) in [6.45, 7) is -0.282. The fourth-order valence-electron chi connectivity index (χ4n) is 0.956. The number of ether oxygens (including phenoxy) is 1. The van der Waals surface area contributed by atoms with Crippen LogP contribution in [0.2, 0.25) is 0 Å². The van der Waals surface area contributed by atoms with E-state index in [-0.39, 0.29) is 6.61 Å². The fourth-order valence-corrected chi connectivity index (χ4v) is 0.956. The van der Waals surface area contributed by atoms with Crippen LogP contribution in [0.1, 0.15) is 0 Å². The molecule has 4 atom stereocenters. The van der Waals surface area contributed by atoms with E-state index in [1.807, 2.05) is 0 Å². The summed E-state index contributed by atoms with van der Waals surface area (Å²) in [6.07, 6.45) is -2.01. The minimum atomic E-state index is -1.36. The third kappa shape index (κ3) is 1.16. The van der Waals surface area contributed by atoms with Crippen LogP contribution in [0.15, 0.2) is 0 Å². The summed E-state index contributed by atoms with van der Waals surface area (Å²) in [7, 11) is 5.15. The van der Waals surface area contributed by atoms with Gasteiger partial charge in [-0.1, -0.05) is 0 Å². The Labute approximate surface area is 59.8 Å². The van der Waals surface area contributed by atoms with Crippen molar-refractivity contribution in [1.82, 2.24) is 0 Å². The van der Waals surface area contributed by atoms with E-state index in [1.165, 1.54) is 0 Å². The summed E-state index contributed by atoms with van der Waals surface area (Å²) in [4.78, 5) is 0. The number of alkyl halides is 1. The van der Waals surface area contributed by atoms with Gasteiger partial charge in [0.15, 0.2) is 0 Å². The minimum Gasteiger partial charge on any atom is -0.394 e. The molecule has 0 unspecified atom stereocenters. The van der Waals surface area contributed by atoms with Crippen LogP contribution < -0.4 is 5.73 Å². The van der Waals surface area contributed by atoms with Gasteiger partial charge in [-0.3, -0.25) is 0 Å². The first-order valence-corrected chi connectivity index (χ1v) is 3.08. The van der Waals surface area contributed by atoms with E-state index in [1.54, 1.807) is 0 Å². The highest BCUT2D eigenvalue weighted by molar-refractivity contribution is 6.11. The van der Waals surface area contributed by atoms with E-state index in [2.05, 4.69) is 0 Å². The molecule has 0 aromatic heterocycles. The molecule has 10 heavy (non-hydrogen) atoms. The number of hydrogen-bond acceptors (Lipinski definition) is 3. The van der Waals surface area contributed by atoms with Crippen molar-refractivity contribution < 1.29 is 14.2 Å². The molecule has 3 nitrogen and oxygen atoms in total. The van der Waals surface area contributed by atoms with Crippen molar-refractivity contribution in [2.45, 2.75) is 24.3 Å². The highest BCUT2D eigenvalue weighted by Crippen LogP contribution is 2.19. The van der Waals surface area contributed by atoms with Crippen LogP contribution >= 0.6 is 0 Å². The van der Waals surface area contributed by atoms with Gasteiger partial charge in [0.05, 0.1) is 18.8 Å². The fraction of sp³-hybridized carbons (Fsp3) is 1.00. The first-order chi connectivity index (χ1) is 4.66. The molecule has 0 aliphatic carbocycles. The Morgan fingerprint density at radius 2 is 2.30 bits per heavy atom. The van der Waals surface area contributed by atoms with E-state index in [0.717, 1.165) is 0 Å². The van der Waals surface area contributed by atoms with Crippen LogP contribution in [-0.2, 0) is 4.74 Å². The summed E-state index contributed by atoms with van der Waals surface area (Å²) in [5.74, 6) is 0. The third-order valence-electron chi connectivity index (χ3n) is 1.62. The molecule has 1 aliphatic heterocycles. The number of halogens is 1. The van der Waals surface area contributed by atoms with Gasteiger partial charge >= 0.3 is 0 Å². The van der Waals surface area contributed by atoms with Crippen molar-refractivity contribution in [3.8, 4) is 0 Å². The molecular formula is C5H9BFNO2. The van der Waals surface area contributed by atoms with Crippen molar-refractivity contribution in [3.05, 3.63) is 0 Å². The standard InChI is InChI=1S/C5H9BFNO2/c6-5-3(7)4(8)2(1-9)10-5/h2-5,9H,1,8H2/t2-,3-,4-,5-/m1/s1. The molecule has 3 N–H and O–H groups in total. The lowest BCUT2D eigenvalue weighted by Crippen LogP contribution is -2.39. The van der Waals surface area contributed by atoms with Crippen LogP contribution in [0.4, 0.5) is 4.39 Å². The van der Waals surface area contributed by atoms with Crippen molar-refractivity contribution in [3.63, 3.8) is 0 Å². The van der Waals surface area contributed by atoms with Gasteiger partial charge in [0.25, 0.3) is 0 Å². The van der Waals surface area contributed by atoms with Gasteiger partial charge in [-0.25, -0.2) is 4.39 Å². The molecule has 1 aliphatic rings. The normalized spacial score (nSPS) is 47.9. The first kappa shape index (κ1) is 7.98. The topological polar surface area (TPSA) is 55.5 Å². The summed E-state index contributed by atoms with van der Waals surface area (Å²) in [5, 5.41) is 8.54. The van der Waals surface area contributed by atoms with Gasteiger partial charge in [0, 0.05) is 6.00 Å². The zero-order valence-electron chi connectivity index (χ0n) is 5.40. The number of hydrogen-bond donors (Lipinski definition) is 2. The highest BCUT2D eigenvalue weighted by Gasteiger charge is 2.39. The molecule has 0 aromatic rings. The van der Waals surface area contributed by atoms with E-state index in [0.29, 0.717) is 0 Å². The molecule has 56 valence electrons.